The normalized spacial score (nSPS) is 18.9. The van der Waals surface area contributed by atoms with Crippen molar-refractivity contribution in [1.82, 2.24) is 10.4 Å². The molecule has 0 spiro atoms. The Labute approximate surface area is 118 Å². The van der Waals surface area contributed by atoms with Crippen LogP contribution in [-0.2, 0) is 4.79 Å². The Kier molecular flexibility index (Phi) is 3.13. The van der Waals surface area contributed by atoms with Gasteiger partial charge >= 0.3 is 0 Å². The molecule has 104 valence electrons. The molecule has 0 saturated heterocycles. The van der Waals surface area contributed by atoms with Gasteiger partial charge in [-0.2, -0.15) is 5.10 Å². The van der Waals surface area contributed by atoms with Crippen LogP contribution in [-0.4, -0.2) is 23.7 Å². The number of carbonyl (C=O) groups excluding carboxylic acids is 1. The third-order valence-corrected chi connectivity index (χ3v) is 4.24. The second kappa shape index (κ2) is 4.82. The van der Waals surface area contributed by atoms with Gasteiger partial charge in [-0.1, -0.05) is 18.3 Å². The molecule has 1 unspecified atom stereocenters. The van der Waals surface area contributed by atoms with Gasteiger partial charge < -0.3 is 5.32 Å². The number of rotatable bonds is 2. The molecular weight excluding hydrogens is 279 g/mol. The van der Waals surface area contributed by atoms with Crippen molar-refractivity contribution in [2.45, 2.75) is 13.3 Å². The van der Waals surface area contributed by atoms with Crippen LogP contribution in [0.25, 0.3) is 10.2 Å². The summed E-state index contributed by atoms with van der Waals surface area (Å²) in [6.45, 7) is 1.91. The lowest BCUT2D eigenvalue weighted by atomic mass is 9.94. The molecule has 0 saturated carbocycles. The van der Waals surface area contributed by atoms with Gasteiger partial charge in [0.1, 0.15) is 5.52 Å². The van der Waals surface area contributed by atoms with Crippen LogP contribution in [0.3, 0.4) is 0 Å². The number of halogens is 1. The first-order valence-electron chi connectivity index (χ1n) is 6.23. The monoisotopic (exact) mass is 292 g/mol. The third-order valence-electron chi connectivity index (χ3n) is 3.22. The van der Waals surface area contributed by atoms with Crippen molar-refractivity contribution in [2.75, 3.05) is 12.4 Å². The number of amides is 1. The molecule has 0 fully saturated rings. The van der Waals surface area contributed by atoms with E-state index in [2.05, 4.69) is 20.8 Å². The molecule has 1 aromatic carbocycles. The smallest absolute Gasteiger partial charge is 0.240 e. The maximum Gasteiger partial charge on any atom is 0.240 e. The summed E-state index contributed by atoms with van der Waals surface area (Å²) in [4.78, 5) is 15.4. The quantitative estimate of drug-likeness (QED) is 0.893. The van der Waals surface area contributed by atoms with Crippen LogP contribution in [0.15, 0.2) is 17.2 Å². The zero-order valence-corrected chi connectivity index (χ0v) is 11.8. The first-order chi connectivity index (χ1) is 9.58. The molecule has 0 aliphatic carbocycles. The van der Waals surface area contributed by atoms with E-state index in [-0.39, 0.29) is 17.6 Å². The fraction of sp³-hybridized carbons (Fsp3) is 0.308. The molecule has 1 aliphatic rings. The van der Waals surface area contributed by atoms with E-state index in [1.807, 2.05) is 13.0 Å². The van der Waals surface area contributed by atoms with Crippen molar-refractivity contribution in [3.8, 4) is 0 Å². The standard InChI is InChI=1S/C13H13FN4OS/c1-6-3-10(19)17-18-11(6)7-4-8(14)12-9(5-7)20-13(15-2)16-12/h4-6H,3H2,1-2H3,(H,15,16)(H,17,19). The van der Waals surface area contributed by atoms with Gasteiger partial charge in [0.05, 0.1) is 10.4 Å². The molecule has 5 nitrogen and oxygen atoms in total. The van der Waals surface area contributed by atoms with Crippen LogP contribution in [0, 0.1) is 11.7 Å². The molecule has 1 amide bonds. The number of hydrogen-bond acceptors (Lipinski definition) is 5. The number of hydrogen-bond donors (Lipinski definition) is 2. The van der Waals surface area contributed by atoms with Crippen molar-refractivity contribution in [3.05, 3.63) is 23.5 Å². The summed E-state index contributed by atoms with van der Waals surface area (Å²) in [5.41, 5.74) is 4.19. The molecule has 20 heavy (non-hydrogen) atoms. The van der Waals surface area contributed by atoms with E-state index < -0.39 is 0 Å². The molecular formula is C13H13FN4OS. The first-order valence-corrected chi connectivity index (χ1v) is 7.04. The van der Waals surface area contributed by atoms with Crippen LogP contribution in [0.5, 0.6) is 0 Å². The Hall–Kier alpha value is -2.02. The lowest BCUT2D eigenvalue weighted by Gasteiger charge is -2.19. The lowest BCUT2D eigenvalue weighted by Crippen LogP contribution is -2.32. The average molecular weight is 292 g/mol. The third kappa shape index (κ3) is 2.14. The average Bonchev–Trinajstić information content (AvgIpc) is 2.82. The largest absolute Gasteiger partial charge is 0.365 e. The molecule has 3 rings (SSSR count). The van der Waals surface area contributed by atoms with Gasteiger partial charge in [-0.15, -0.1) is 0 Å². The minimum atomic E-state index is -0.373. The van der Waals surface area contributed by atoms with Crippen molar-refractivity contribution in [2.24, 2.45) is 11.0 Å². The summed E-state index contributed by atoms with van der Waals surface area (Å²) in [5.74, 6) is -0.516. The Balaban J connectivity index is 2.10. The van der Waals surface area contributed by atoms with Gasteiger partial charge in [0.25, 0.3) is 0 Å². The topological polar surface area (TPSA) is 66.4 Å². The van der Waals surface area contributed by atoms with Gasteiger partial charge in [0, 0.05) is 24.9 Å². The van der Waals surface area contributed by atoms with Gasteiger partial charge in [0.2, 0.25) is 5.91 Å². The highest BCUT2D eigenvalue weighted by Gasteiger charge is 2.23. The molecule has 1 atom stereocenters. The van der Waals surface area contributed by atoms with Crippen molar-refractivity contribution < 1.29 is 9.18 Å². The highest BCUT2D eigenvalue weighted by Crippen LogP contribution is 2.30. The molecule has 2 N–H and O–H groups in total. The molecule has 2 heterocycles. The zero-order valence-electron chi connectivity index (χ0n) is 11.0. The highest BCUT2D eigenvalue weighted by molar-refractivity contribution is 7.22. The molecule has 0 radical (unpaired) electrons. The second-order valence-corrected chi connectivity index (χ2v) is 5.74. The Morgan fingerprint density at radius 3 is 3.00 bits per heavy atom. The van der Waals surface area contributed by atoms with Gasteiger partial charge in [-0.05, 0) is 12.1 Å². The molecule has 1 aliphatic heterocycles. The summed E-state index contributed by atoms with van der Waals surface area (Å²) >= 11 is 1.39. The van der Waals surface area contributed by atoms with E-state index in [0.29, 0.717) is 28.3 Å². The number of hydrazone groups is 1. The zero-order chi connectivity index (χ0) is 14.3. The number of carbonyl (C=O) groups is 1. The fourth-order valence-electron chi connectivity index (χ4n) is 2.25. The van der Waals surface area contributed by atoms with Crippen LogP contribution in [0.1, 0.15) is 18.9 Å². The van der Waals surface area contributed by atoms with Crippen LogP contribution < -0.4 is 10.7 Å². The molecule has 7 heteroatoms. The molecule has 0 bridgehead atoms. The summed E-state index contributed by atoms with van der Waals surface area (Å²) in [6, 6.07) is 3.29. The number of benzene rings is 1. The Bertz CT molecular complexity index is 724. The van der Waals surface area contributed by atoms with E-state index >= 15 is 0 Å². The number of fused-ring (bicyclic) bond motifs is 1. The SMILES string of the molecule is CNc1nc2c(F)cc(C3=NNC(=O)CC3C)cc2s1. The summed E-state index contributed by atoms with van der Waals surface area (Å²) < 4.78 is 14.9. The number of nitrogens with one attached hydrogen (secondary N) is 2. The highest BCUT2D eigenvalue weighted by atomic mass is 32.1. The van der Waals surface area contributed by atoms with Crippen molar-refractivity contribution in [1.29, 1.82) is 0 Å². The van der Waals surface area contributed by atoms with Crippen molar-refractivity contribution in [3.63, 3.8) is 0 Å². The Morgan fingerprint density at radius 1 is 1.50 bits per heavy atom. The van der Waals surface area contributed by atoms with Crippen LogP contribution in [0.2, 0.25) is 0 Å². The minimum Gasteiger partial charge on any atom is -0.365 e. The van der Waals surface area contributed by atoms with E-state index in [4.69, 9.17) is 0 Å². The van der Waals surface area contributed by atoms with E-state index in [0.717, 1.165) is 4.70 Å². The van der Waals surface area contributed by atoms with Gasteiger partial charge in [-0.25, -0.2) is 14.8 Å². The van der Waals surface area contributed by atoms with E-state index in [1.165, 1.54) is 17.4 Å². The van der Waals surface area contributed by atoms with E-state index in [9.17, 15) is 9.18 Å². The molecule has 1 aromatic heterocycles. The Morgan fingerprint density at radius 2 is 2.30 bits per heavy atom. The predicted molar refractivity (Wildman–Crippen MR) is 77.6 cm³/mol. The van der Waals surface area contributed by atoms with Gasteiger partial charge in [-0.3, -0.25) is 4.79 Å². The minimum absolute atomic E-state index is 0.0303. The second-order valence-electron chi connectivity index (χ2n) is 4.71. The molecule has 2 aromatic rings. The van der Waals surface area contributed by atoms with E-state index in [1.54, 1.807) is 7.05 Å². The summed E-state index contributed by atoms with van der Waals surface area (Å²) in [6.07, 6.45) is 0.364. The first kappa shape index (κ1) is 13.0. The van der Waals surface area contributed by atoms with Crippen LogP contribution >= 0.6 is 11.3 Å². The maximum absolute atomic E-state index is 14.1. The maximum atomic E-state index is 14.1. The van der Waals surface area contributed by atoms with Crippen molar-refractivity contribution >= 4 is 38.3 Å². The summed E-state index contributed by atoms with van der Waals surface area (Å²) in [7, 11) is 1.75. The lowest BCUT2D eigenvalue weighted by molar-refractivity contribution is -0.121. The summed E-state index contributed by atoms with van der Waals surface area (Å²) in [5, 5.41) is 7.64. The fourth-order valence-corrected chi connectivity index (χ4v) is 3.12. The predicted octanol–water partition coefficient (Wildman–Crippen LogP) is 2.34. The number of aromatic nitrogens is 1. The van der Waals surface area contributed by atoms with Crippen LogP contribution in [0.4, 0.5) is 9.52 Å². The number of thiazole rings is 1. The number of anilines is 1. The van der Waals surface area contributed by atoms with Gasteiger partial charge in [0.15, 0.2) is 10.9 Å². The number of nitrogens with zero attached hydrogens (tertiary/aromatic N) is 2.